The third-order valence-electron chi connectivity index (χ3n) is 2.24. The Labute approximate surface area is 80.6 Å². The van der Waals surface area contributed by atoms with E-state index in [1.807, 2.05) is 0 Å². The summed E-state index contributed by atoms with van der Waals surface area (Å²) >= 11 is 0. The van der Waals surface area contributed by atoms with Crippen LogP contribution in [0.25, 0.3) is 0 Å². The van der Waals surface area contributed by atoms with Crippen LogP contribution in [0, 0.1) is 0 Å². The van der Waals surface area contributed by atoms with E-state index in [2.05, 4.69) is 4.98 Å². The number of nitrogens with zero attached hydrogens (tertiary/aromatic N) is 1. The average Bonchev–Trinajstić information content (AvgIpc) is 2.23. The minimum Gasteiger partial charge on any atom is -0.483 e. The van der Waals surface area contributed by atoms with Crippen molar-refractivity contribution < 1.29 is 20.1 Å². The van der Waals surface area contributed by atoms with Crippen LogP contribution in [0.3, 0.4) is 0 Å². The van der Waals surface area contributed by atoms with E-state index in [0.29, 0.717) is 11.4 Å². The molecule has 1 aliphatic heterocycles. The highest BCUT2D eigenvalue weighted by atomic mass is 16.5. The number of aliphatic hydroxyl groups excluding tert-OH is 3. The van der Waals surface area contributed by atoms with Crippen LogP contribution >= 0.6 is 0 Å². The Hall–Kier alpha value is -1.17. The Morgan fingerprint density at radius 1 is 1.43 bits per heavy atom. The van der Waals surface area contributed by atoms with Crippen molar-refractivity contribution in [3.8, 4) is 5.75 Å². The average molecular weight is 197 g/mol. The van der Waals surface area contributed by atoms with Gasteiger partial charge in [-0.3, -0.25) is 4.98 Å². The fourth-order valence-electron chi connectivity index (χ4n) is 1.47. The molecule has 5 heteroatoms. The maximum absolute atomic E-state index is 9.63. The Balaban J connectivity index is 2.37. The summed E-state index contributed by atoms with van der Waals surface area (Å²) in [4.78, 5) is 3.90. The maximum Gasteiger partial charge on any atom is 0.150 e. The van der Waals surface area contributed by atoms with Gasteiger partial charge in [0.15, 0.2) is 6.10 Å². The minimum absolute atomic E-state index is 0.310. The van der Waals surface area contributed by atoms with E-state index >= 15 is 0 Å². The minimum atomic E-state index is -1.14. The van der Waals surface area contributed by atoms with Crippen molar-refractivity contribution in [2.24, 2.45) is 0 Å². The van der Waals surface area contributed by atoms with Gasteiger partial charge in [-0.25, -0.2) is 0 Å². The molecule has 1 aromatic heterocycles. The second-order valence-electron chi connectivity index (χ2n) is 3.16. The Bertz CT molecular complexity index is 330. The van der Waals surface area contributed by atoms with Gasteiger partial charge in [-0.1, -0.05) is 0 Å². The summed E-state index contributed by atoms with van der Waals surface area (Å²) in [7, 11) is 0. The normalized spacial score (nSPS) is 30.6. The standard InChI is InChI=1S/C9H11NO4/c11-4-6-8(12)9(13)7-5(14-6)2-1-3-10-7/h1-3,6,8-9,11-13H,4H2. The molecule has 0 amide bonds. The predicted octanol–water partition coefficient (Wildman–Crippen LogP) is -0.771. The molecule has 0 fully saturated rings. The zero-order chi connectivity index (χ0) is 10.1. The first-order valence-corrected chi connectivity index (χ1v) is 4.32. The molecule has 0 aromatic carbocycles. The lowest BCUT2D eigenvalue weighted by Crippen LogP contribution is -2.43. The number of rotatable bonds is 1. The molecule has 76 valence electrons. The van der Waals surface area contributed by atoms with Crippen molar-refractivity contribution in [2.75, 3.05) is 6.61 Å². The van der Waals surface area contributed by atoms with Crippen molar-refractivity contribution in [3.05, 3.63) is 24.0 Å². The van der Waals surface area contributed by atoms with Gasteiger partial charge in [0.2, 0.25) is 0 Å². The van der Waals surface area contributed by atoms with Crippen molar-refractivity contribution in [1.82, 2.24) is 4.98 Å². The van der Waals surface area contributed by atoms with Gasteiger partial charge < -0.3 is 20.1 Å². The number of pyridine rings is 1. The number of hydrogen-bond donors (Lipinski definition) is 3. The molecule has 2 heterocycles. The molecule has 1 aromatic rings. The first kappa shape index (κ1) is 9.39. The van der Waals surface area contributed by atoms with Crippen molar-refractivity contribution in [1.29, 1.82) is 0 Å². The smallest absolute Gasteiger partial charge is 0.150 e. The lowest BCUT2D eigenvalue weighted by Gasteiger charge is -2.32. The van der Waals surface area contributed by atoms with Crippen LogP contribution in [0.15, 0.2) is 18.3 Å². The summed E-state index contributed by atoms with van der Waals surface area (Å²) in [5, 5.41) is 28.0. The van der Waals surface area contributed by atoms with E-state index in [-0.39, 0.29) is 6.61 Å². The van der Waals surface area contributed by atoms with E-state index in [1.165, 1.54) is 6.20 Å². The topological polar surface area (TPSA) is 82.8 Å². The van der Waals surface area contributed by atoms with Gasteiger partial charge in [0.05, 0.1) is 6.61 Å². The second-order valence-corrected chi connectivity index (χ2v) is 3.16. The van der Waals surface area contributed by atoms with Gasteiger partial charge in [-0.15, -0.1) is 0 Å². The number of ether oxygens (including phenoxy) is 1. The highest BCUT2D eigenvalue weighted by Gasteiger charge is 2.36. The Morgan fingerprint density at radius 2 is 2.21 bits per heavy atom. The van der Waals surface area contributed by atoms with E-state index in [1.54, 1.807) is 12.1 Å². The SMILES string of the molecule is OCC1Oc2cccnc2C(O)C1O. The molecule has 0 saturated heterocycles. The molecule has 5 nitrogen and oxygen atoms in total. The van der Waals surface area contributed by atoms with Crippen LogP contribution in [-0.4, -0.2) is 39.1 Å². The first-order chi connectivity index (χ1) is 6.74. The van der Waals surface area contributed by atoms with Crippen LogP contribution in [0.5, 0.6) is 5.75 Å². The molecule has 14 heavy (non-hydrogen) atoms. The molecule has 0 radical (unpaired) electrons. The highest BCUT2D eigenvalue weighted by Crippen LogP contribution is 2.32. The quantitative estimate of drug-likeness (QED) is 0.550. The lowest BCUT2D eigenvalue weighted by atomic mass is 10.0. The third-order valence-corrected chi connectivity index (χ3v) is 2.24. The van der Waals surface area contributed by atoms with Crippen LogP contribution in [0.4, 0.5) is 0 Å². The molecule has 1 aliphatic rings. The molecule has 0 spiro atoms. The van der Waals surface area contributed by atoms with Crippen LogP contribution < -0.4 is 4.74 Å². The third kappa shape index (κ3) is 1.35. The Morgan fingerprint density at radius 3 is 2.93 bits per heavy atom. The first-order valence-electron chi connectivity index (χ1n) is 4.32. The maximum atomic E-state index is 9.63. The highest BCUT2D eigenvalue weighted by molar-refractivity contribution is 5.32. The summed E-state index contributed by atoms with van der Waals surface area (Å²) < 4.78 is 5.24. The monoisotopic (exact) mass is 197 g/mol. The van der Waals surface area contributed by atoms with E-state index < -0.39 is 18.3 Å². The van der Waals surface area contributed by atoms with Gasteiger partial charge in [0, 0.05) is 6.20 Å². The van der Waals surface area contributed by atoms with Crippen molar-refractivity contribution >= 4 is 0 Å². The van der Waals surface area contributed by atoms with Gasteiger partial charge in [-0.05, 0) is 12.1 Å². The molecule has 0 bridgehead atoms. The molecule has 3 atom stereocenters. The number of aromatic nitrogens is 1. The Kier molecular flexibility index (Phi) is 2.37. The summed E-state index contributed by atoms with van der Waals surface area (Å²) in [6, 6.07) is 3.30. The van der Waals surface area contributed by atoms with Crippen molar-refractivity contribution in [3.63, 3.8) is 0 Å². The lowest BCUT2D eigenvalue weighted by molar-refractivity contribution is -0.0858. The van der Waals surface area contributed by atoms with Gasteiger partial charge in [0.1, 0.15) is 23.7 Å². The van der Waals surface area contributed by atoms with Crippen LogP contribution in [-0.2, 0) is 0 Å². The molecular formula is C9H11NO4. The molecule has 2 rings (SSSR count). The second kappa shape index (κ2) is 3.53. The summed E-state index contributed by atoms with van der Waals surface area (Å²) in [6.07, 6.45) is -1.52. The van der Waals surface area contributed by atoms with Gasteiger partial charge >= 0.3 is 0 Å². The zero-order valence-electron chi connectivity index (χ0n) is 7.37. The van der Waals surface area contributed by atoms with Crippen LogP contribution in [0.1, 0.15) is 11.8 Å². The fourth-order valence-corrected chi connectivity index (χ4v) is 1.47. The largest absolute Gasteiger partial charge is 0.483 e. The number of hydrogen-bond acceptors (Lipinski definition) is 5. The van der Waals surface area contributed by atoms with E-state index in [4.69, 9.17) is 9.84 Å². The molecule has 3 unspecified atom stereocenters. The molecule has 0 saturated carbocycles. The van der Waals surface area contributed by atoms with E-state index in [9.17, 15) is 10.2 Å². The number of fused-ring (bicyclic) bond motifs is 1. The summed E-state index contributed by atoms with van der Waals surface area (Å²) in [5.41, 5.74) is 0.310. The zero-order valence-corrected chi connectivity index (χ0v) is 7.37. The van der Waals surface area contributed by atoms with Gasteiger partial charge in [-0.2, -0.15) is 0 Å². The molecular weight excluding hydrogens is 186 g/mol. The molecule has 3 N–H and O–H groups in total. The van der Waals surface area contributed by atoms with E-state index in [0.717, 1.165) is 0 Å². The number of aliphatic hydroxyl groups is 3. The van der Waals surface area contributed by atoms with Gasteiger partial charge in [0.25, 0.3) is 0 Å². The molecule has 0 aliphatic carbocycles. The summed E-state index contributed by atoms with van der Waals surface area (Å²) in [6.45, 7) is -0.341. The predicted molar refractivity (Wildman–Crippen MR) is 46.7 cm³/mol. The fraction of sp³-hybridized carbons (Fsp3) is 0.444. The van der Waals surface area contributed by atoms with Crippen LogP contribution in [0.2, 0.25) is 0 Å². The summed E-state index contributed by atoms with van der Waals surface area (Å²) in [5.74, 6) is 0.407. The van der Waals surface area contributed by atoms with Crippen molar-refractivity contribution in [2.45, 2.75) is 18.3 Å².